The van der Waals surface area contributed by atoms with Crippen LogP contribution in [0.25, 0.3) is 0 Å². The molecule has 8 atom stereocenters. The monoisotopic (exact) mass is 494 g/mol. The van der Waals surface area contributed by atoms with E-state index in [-0.39, 0.29) is 46.3 Å². The van der Waals surface area contributed by atoms with Crippen molar-refractivity contribution in [2.45, 2.75) is 102 Å². The van der Waals surface area contributed by atoms with Crippen LogP contribution in [0.15, 0.2) is 39.3 Å². The van der Waals surface area contributed by atoms with Crippen molar-refractivity contribution in [1.29, 1.82) is 0 Å². The zero-order valence-electron chi connectivity index (χ0n) is 22.1. The molecule has 1 aromatic heterocycles. The summed E-state index contributed by atoms with van der Waals surface area (Å²) in [6, 6.07) is 3.57. The smallest absolute Gasteiger partial charge is 0.335 e. The Morgan fingerprint density at radius 2 is 1.92 bits per heavy atom. The summed E-state index contributed by atoms with van der Waals surface area (Å²) >= 11 is 0. The van der Waals surface area contributed by atoms with Crippen molar-refractivity contribution in [3.8, 4) is 0 Å². The largest absolute Gasteiger partial charge is 0.431 e. The van der Waals surface area contributed by atoms with Crippen LogP contribution in [-0.2, 0) is 4.79 Å². The summed E-state index contributed by atoms with van der Waals surface area (Å²) in [4.78, 5) is 26.6. The van der Waals surface area contributed by atoms with E-state index in [2.05, 4.69) is 37.2 Å². The molecule has 0 radical (unpaired) electrons. The number of fused-ring (bicyclic) bond motifs is 5. The highest BCUT2D eigenvalue weighted by atomic mass is 16.4. The van der Waals surface area contributed by atoms with Crippen molar-refractivity contribution in [2.75, 3.05) is 13.6 Å². The summed E-state index contributed by atoms with van der Waals surface area (Å²) in [5.41, 5.74) is 1.45. The highest BCUT2D eigenvalue weighted by molar-refractivity contribution is 5.82. The first-order chi connectivity index (χ1) is 17.2. The van der Waals surface area contributed by atoms with Gasteiger partial charge in [0.25, 0.3) is 0 Å². The molecule has 5 aliphatic rings. The van der Waals surface area contributed by atoms with Gasteiger partial charge in [-0.3, -0.25) is 9.69 Å². The second-order valence-corrected chi connectivity index (χ2v) is 13.0. The number of nitrogens with one attached hydrogen (secondary N) is 1. The third-order valence-electron chi connectivity index (χ3n) is 11.6. The molecular formula is C30H42N2O4. The molecule has 196 valence electrons. The number of amides is 1. The first-order valence-corrected chi connectivity index (χ1v) is 14.2. The summed E-state index contributed by atoms with van der Waals surface area (Å²) in [6.07, 6.45) is 14.0. The van der Waals surface area contributed by atoms with Crippen molar-refractivity contribution in [1.82, 2.24) is 10.2 Å². The number of nitrogens with zero attached hydrogens (tertiary/aromatic N) is 1. The van der Waals surface area contributed by atoms with Crippen LogP contribution in [0.3, 0.4) is 0 Å². The van der Waals surface area contributed by atoms with E-state index < -0.39 is 5.60 Å². The van der Waals surface area contributed by atoms with E-state index in [1.54, 1.807) is 6.26 Å². The number of hydrogen-bond donors (Lipinski definition) is 2. The molecule has 0 bridgehead atoms. The fourth-order valence-electron chi connectivity index (χ4n) is 9.43. The zero-order valence-corrected chi connectivity index (χ0v) is 22.1. The maximum Gasteiger partial charge on any atom is 0.335 e. The van der Waals surface area contributed by atoms with E-state index in [4.69, 9.17) is 4.42 Å². The Morgan fingerprint density at radius 3 is 2.64 bits per heavy atom. The highest BCUT2D eigenvalue weighted by Crippen LogP contribution is 2.70. The number of likely N-dealkylation sites (N-methyl/N-ethyl adjacent to an activating group) is 1. The Hall–Kier alpha value is -1.92. The fraction of sp³-hybridized carbons (Fsp3) is 0.733. The van der Waals surface area contributed by atoms with Crippen molar-refractivity contribution >= 4 is 5.91 Å². The molecule has 2 N–H and O–H groups in total. The third kappa shape index (κ3) is 3.50. The van der Waals surface area contributed by atoms with Crippen LogP contribution in [0.5, 0.6) is 0 Å². The Kier molecular flexibility index (Phi) is 5.80. The molecule has 1 amide bonds. The molecule has 6 rings (SSSR count). The van der Waals surface area contributed by atoms with Crippen molar-refractivity contribution in [2.24, 2.45) is 22.7 Å². The molecule has 6 nitrogen and oxygen atoms in total. The lowest BCUT2D eigenvalue weighted by Gasteiger charge is -2.62. The average Bonchev–Trinajstić information content (AvgIpc) is 3.40. The quantitative estimate of drug-likeness (QED) is 0.610. The summed E-state index contributed by atoms with van der Waals surface area (Å²) < 4.78 is 5.22. The van der Waals surface area contributed by atoms with Gasteiger partial charge in [0.15, 0.2) is 0 Å². The molecule has 1 aliphatic heterocycles. The van der Waals surface area contributed by atoms with E-state index in [1.165, 1.54) is 11.6 Å². The minimum absolute atomic E-state index is 0.0191. The summed E-state index contributed by atoms with van der Waals surface area (Å²) in [7, 11) is 2.05. The number of carbonyl (C=O) groups excluding carboxylic acids is 1. The van der Waals surface area contributed by atoms with Gasteiger partial charge in [-0.25, -0.2) is 4.79 Å². The van der Waals surface area contributed by atoms with Gasteiger partial charge in [0.2, 0.25) is 5.91 Å². The van der Waals surface area contributed by atoms with Crippen LogP contribution in [0.1, 0.15) is 89.5 Å². The maximum atomic E-state index is 12.9. The Morgan fingerprint density at radius 1 is 1.08 bits per heavy atom. The van der Waals surface area contributed by atoms with E-state index in [0.717, 1.165) is 76.3 Å². The predicted molar refractivity (Wildman–Crippen MR) is 138 cm³/mol. The molecular weight excluding hydrogens is 452 g/mol. The highest BCUT2D eigenvalue weighted by Gasteiger charge is 2.66. The number of hydrogen-bond acceptors (Lipinski definition) is 5. The van der Waals surface area contributed by atoms with E-state index in [1.807, 2.05) is 6.07 Å². The molecule has 1 saturated heterocycles. The van der Waals surface area contributed by atoms with Gasteiger partial charge in [-0.15, -0.1) is 0 Å². The molecule has 36 heavy (non-hydrogen) atoms. The molecule has 4 aliphatic carbocycles. The minimum Gasteiger partial charge on any atom is -0.431 e. The van der Waals surface area contributed by atoms with Gasteiger partial charge in [0.05, 0.1) is 17.9 Å². The number of aliphatic hydroxyl groups is 1. The molecule has 3 saturated carbocycles. The summed E-state index contributed by atoms with van der Waals surface area (Å²) in [5.74, 6) is 1.17. The topological polar surface area (TPSA) is 82.8 Å². The predicted octanol–water partition coefficient (Wildman–Crippen LogP) is 4.38. The second kappa shape index (κ2) is 8.56. The van der Waals surface area contributed by atoms with Gasteiger partial charge in [-0.2, -0.15) is 0 Å². The molecule has 0 spiro atoms. The average molecular weight is 495 g/mol. The van der Waals surface area contributed by atoms with E-state index in [0.29, 0.717) is 5.92 Å². The number of allylic oxidation sites excluding steroid dienone is 1. The molecule has 1 aromatic rings. The van der Waals surface area contributed by atoms with Gasteiger partial charge in [-0.1, -0.05) is 25.5 Å². The number of carbonyl (C=O) groups is 1. The van der Waals surface area contributed by atoms with Crippen molar-refractivity contribution < 1.29 is 14.3 Å². The van der Waals surface area contributed by atoms with Crippen LogP contribution in [0.4, 0.5) is 0 Å². The number of likely N-dealkylation sites (tertiary alicyclic amines) is 1. The zero-order chi connectivity index (χ0) is 25.3. The first-order valence-electron chi connectivity index (χ1n) is 14.2. The van der Waals surface area contributed by atoms with Gasteiger partial charge in [0.1, 0.15) is 0 Å². The van der Waals surface area contributed by atoms with Crippen LogP contribution >= 0.6 is 0 Å². The second-order valence-electron chi connectivity index (χ2n) is 13.0. The number of rotatable bonds is 3. The Balaban J connectivity index is 1.22. The van der Waals surface area contributed by atoms with Crippen molar-refractivity contribution in [3.05, 3.63) is 46.0 Å². The molecule has 4 fully saturated rings. The SMILES string of the molecule is CN1CCCC1C(=O)N[C@@H]1C=C2CC[C@@H]3[C@H](CC[C@]4(C)[C@@H](c5ccc(=O)oc5)CC[C@]34O)[C@@]2(C)CC1. The van der Waals surface area contributed by atoms with Crippen LogP contribution in [-0.4, -0.2) is 47.2 Å². The molecule has 1 unspecified atom stereocenters. The van der Waals surface area contributed by atoms with Gasteiger partial charge >= 0.3 is 5.63 Å². The minimum atomic E-state index is -0.691. The van der Waals surface area contributed by atoms with E-state index in [9.17, 15) is 14.7 Å². The standard InChI is InChI=1S/C30H42N2O4/c1-28-13-10-21(31-27(34)25-5-4-16-32(25)3)17-20(28)7-8-24-23(28)11-14-29(2)22(12-15-30(24,29)35)19-6-9-26(33)36-18-19/h6,9,17-18,21-25,35H,4-5,7-8,10-16H2,1-3H3,(H,31,34)/t21-,22+,23-,24+,25?,28-,29+,30-/m0/s1. The third-order valence-corrected chi connectivity index (χ3v) is 11.6. The van der Waals surface area contributed by atoms with Crippen molar-refractivity contribution in [3.63, 3.8) is 0 Å². The fourth-order valence-corrected chi connectivity index (χ4v) is 9.43. The molecule has 6 heteroatoms. The van der Waals surface area contributed by atoms with Gasteiger partial charge in [-0.05, 0) is 113 Å². The van der Waals surface area contributed by atoms with Gasteiger partial charge in [0, 0.05) is 17.5 Å². The van der Waals surface area contributed by atoms with E-state index >= 15 is 0 Å². The maximum absolute atomic E-state index is 12.9. The Bertz CT molecular complexity index is 1110. The lowest BCUT2D eigenvalue weighted by molar-refractivity contribution is -0.177. The van der Waals surface area contributed by atoms with Crippen LogP contribution < -0.4 is 10.9 Å². The van der Waals surface area contributed by atoms with Crippen LogP contribution in [0.2, 0.25) is 0 Å². The first kappa shape index (κ1) is 24.4. The lowest BCUT2D eigenvalue weighted by Crippen LogP contribution is -2.60. The van der Waals surface area contributed by atoms with Gasteiger partial charge < -0.3 is 14.8 Å². The molecule has 2 heterocycles. The van der Waals surface area contributed by atoms with Crippen LogP contribution in [0, 0.1) is 22.7 Å². The summed E-state index contributed by atoms with van der Waals surface area (Å²) in [5, 5.41) is 15.8. The normalized spacial score (nSPS) is 44.3. The summed E-state index contributed by atoms with van der Waals surface area (Å²) in [6.45, 7) is 5.72. The Labute approximate surface area is 214 Å². The molecule has 0 aromatic carbocycles. The lowest BCUT2D eigenvalue weighted by atomic mass is 9.45.